The first-order chi connectivity index (χ1) is 6.98. The van der Waals surface area contributed by atoms with Gasteiger partial charge in [0.2, 0.25) is 0 Å². The molecule has 0 radical (unpaired) electrons. The molecule has 0 amide bonds. The highest BCUT2D eigenvalue weighted by atomic mass is 35.5. The van der Waals surface area contributed by atoms with Crippen LogP contribution in [0.3, 0.4) is 0 Å². The van der Waals surface area contributed by atoms with Crippen molar-refractivity contribution in [2.24, 2.45) is 0 Å². The van der Waals surface area contributed by atoms with E-state index >= 15 is 0 Å². The fourth-order valence-corrected chi connectivity index (χ4v) is 2.00. The van der Waals surface area contributed by atoms with E-state index in [1.165, 1.54) is 6.07 Å². The van der Waals surface area contributed by atoms with E-state index in [1.54, 1.807) is 12.1 Å². The summed E-state index contributed by atoms with van der Waals surface area (Å²) in [5.41, 5.74) is 0.974. The molecule has 0 spiro atoms. The van der Waals surface area contributed by atoms with Gasteiger partial charge in [0.05, 0.1) is 0 Å². The summed E-state index contributed by atoms with van der Waals surface area (Å²) < 4.78 is 37.9. The third-order valence-electron chi connectivity index (χ3n) is 2.49. The lowest BCUT2D eigenvalue weighted by atomic mass is 9.94. The lowest BCUT2D eigenvalue weighted by Gasteiger charge is -2.28. The first-order valence-electron chi connectivity index (χ1n) is 4.57. The van der Waals surface area contributed by atoms with Gasteiger partial charge in [0.1, 0.15) is 6.04 Å². The first-order valence-corrected chi connectivity index (χ1v) is 4.95. The van der Waals surface area contributed by atoms with Gasteiger partial charge in [0, 0.05) is 11.6 Å². The Labute approximate surface area is 90.2 Å². The summed E-state index contributed by atoms with van der Waals surface area (Å²) in [6.07, 6.45) is -3.65. The van der Waals surface area contributed by atoms with Gasteiger partial charge >= 0.3 is 6.18 Å². The van der Waals surface area contributed by atoms with Crippen LogP contribution >= 0.6 is 11.6 Å². The van der Waals surface area contributed by atoms with E-state index in [-0.39, 0.29) is 5.56 Å². The third-order valence-corrected chi connectivity index (χ3v) is 2.72. The molecule has 1 atom stereocenters. The van der Waals surface area contributed by atoms with Crippen LogP contribution < -0.4 is 5.32 Å². The summed E-state index contributed by atoms with van der Waals surface area (Å²) in [7, 11) is 0. The Morgan fingerprint density at radius 2 is 2.07 bits per heavy atom. The number of alkyl halides is 3. The molecule has 5 heteroatoms. The van der Waals surface area contributed by atoms with Crippen LogP contribution in [-0.4, -0.2) is 12.7 Å². The third kappa shape index (κ3) is 2.11. The zero-order valence-corrected chi connectivity index (χ0v) is 8.49. The van der Waals surface area contributed by atoms with E-state index < -0.39 is 12.2 Å². The smallest absolute Gasteiger partial charge is 0.302 e. The van der Waals surface area contributed by atoms with Crippen molar-refractivity contribution < 1.29 is 13.2 Å². The molecule has 1 aromatic rings. The maximum absolute atomic E-state index is 12.6. The minimum atomic E-state index is -4.26. The quantitative estimate of drug-likeness (QED) is 0.729. The molecule has 0 fully saturated rings. The van der Waals surface area contributed by atoms with Gasteiger partial charge in [-0.2, -0.15) is 13.2 Å². The number of halogens is 4. The van der Waals surface area contributed by atoms with E-state index in [1.807, 2.05) is 0 Å². The molecule has 1 aliphatic rings. The Hall–Kier alpha value is -0.740. The van der Waals surface area contributed by atoms with Crippen LogP contribution in [0.4, 0.5) is 13.2 Å². The molecule has 15 heavy (non-hydrogen) atoms. The minimum Gasteiger partial charge on any atom is -0.302 e. The van der Waals surface area contributed by atoms with Gasteiger partial charge in [-0.25, -0.2) is 0 Å². The van der Waals surface area contributed by atoms with Crippen molar-refractivity contribution in [2.45, 2.75) is 18.6 Å². The molecule has 0 aromatic heterocycles. The van der Waals surface area contributed by atoms with Gasteiger partial charge in [-0.1, -0.05) is 17.7 Å². The second kappa shape index (κ2) is 3.68. The van der Waals surface area contributed by atoms with E-state index in [0.29, 0.717) is 18.0 Å². The van der Waals surface area contributed by atoms with Gasteiger partial charge in [-0.3, -0.25) is 0 Å². The molecule has 0 aliphatic carbocycles. The van der Waals surface area contributed by atoms with Gasteiger partial charge in [-0.15, -0.1) is 0 Å². The predicted molar refractivity (Wildman–Crippen MR) is 52.0 cm³/mol. The monoisotopic (exact) mass is 235 g/mol. The largest absolute Gasteiger partial charge is 0.407 e. The molecule has 1 N–H and O–H groups in total. The number of fused-ring (bicyclic) bond motifs is 1. The molecule has 2 rings (SSSR count). The topological polar surface area (TPSA) is 12.0 Å². The number of hydrogen-bond acceptors (Lipinski definition) is 1. The molecule has 82 valence electrons. The Kier molecular flexibility index (Phi) is 2.64. The van der Waals surface area contributed by atoms with Crippen molar-refractivity contribution in [1.29, 1.82) is 0 Å². The van der Waals surface area contributed by atoms with Gasteiger partial charge in [-0.05, 0) is 29.7 Å². The summed E-state index contributed by atoms with van der Waals surface area (Å²) in [5, 5.41) is 2.80. The number of nitrogens with one attached hydrogen (secondary N) is 1. The first kappa shape index (κ1) is 10.8. The van der Waals surface area contributed by atoms with E-state index in [9.17, 15) is 13.2 Å². The molecule has 1 aromatic carbocycles. The van der Waals surface area contributed by atoms with Crippen LogP contribution in [0, 0.1) is 0 Å². The lowest BCUT2D eigenvalue weighted by Crippen LogP contribution is -2.39. The van der Waals surface area contributed by atoms with Gasteiger partial charge in [0.15, 0.2) is 0 Å². The normalized spacial score (nSPS) is 21.2. The van der Waals surface area contributed by atoms with Gasteiger partial charge in [0.25, 0.3) is 0 Å². The summed E-state index contributed by atoms with van der Waals surface area (Å²) in [4.78, 5) is 0. The number of benzene rings is 1. The number of rotatable bonds is 0. The summed E-state index contributed by atoms with van der Waals surface area (Å²) >= 11 is 5.70. The molecule has 0 bridgehead atoms. The van der Waals surface area contributed by atoms with Crippen molar-refractivity contribution in [3.8, 4) is 0 Å². The summed E-state index contributed by atoms with van der Waals surface area (Å²) in [5.74, 6) is 0. The molecule has 1 nitrogen and oxygen atoms in total. The Morgan fingerprint density at radius 3 is 2.73 bits per heavy atom. The van der Waals surface area contributed by atoms with E-state index in [0.717, 1.165) is 5.56 Å². The van der Waals surface area contributed by atoms with Crippen molar-refractivity contribution in [2.75, 3.05) is 6.54 Å². The SMILES string of the molecule is FC(F)(F)C1NCCc2ccc(Cl)cc21. The molecule has 1 aliphatic heterocycles. The van der Waals surface area contributed by atoms with Crippen molar-refractivity contribution in [1.82, 2.24) is 5.32 Å². The van der Waals surface area contributed by atoms with Crippen molar-refractivity contribution in [3.05, 3.63) is 34.3 Å². The van der Waals surface area contributed by atoms with Crippen LogP contribution in [0.25, 0.3) is 0 Å². The highest BCUT2D eigenvalue weighted by molar-refractivity contribution is 6.30. The average molecular weight is 236 g/mol. The highest BCUT2D eigenvalue weighted by Crippen LogP contribution is 2.37. The minimum absolute atomic E-state index is 0.251. The zero-order chi connectivity index (χ0) is 11.1. The molecule has 1 unspecified atom stereocenters. The summed E-state index contributed by atoms with van der Waals surface area (Å²) in [6, 6.07) is 3.09. The van der Waals surface area contributed by atoms with Crippen LogP contribution in [0.1, 0.15) is 17.2 Å². The maximum atomic E-state index is 12.6. The fourth-order valence-electron chi connectivity index (χ4n) is 1.82. The standard InChI is InChI=1S/C10H9ClF3N/c11-7-2-1-6-3-4-15-9(8(6)5-7)10(12,13)14/h1-2,5,9,15H,3-4H2. The maximum Gasteiger partial charge on any atom is 0.407 e. The average Bonchev–Trinajstić information content (AvgIpc) is 2.15. The van der Waals surface area contributed by atoms with Crippen LogP contribution in [0.2, 0.25) is 5.02 Å². The molecule has 0 saturated carbocycles. The van der Waals surface area contributed by atoms with Crippen LogP contribution in [-0.2, 0) is 6.42 Å². The molecular formula is C10H9ClF3N. The second-order valence-corrected chi connectivity index (χ2v) is 3.96. The second-order valence-electron chi connectivity index (χ2n) is 3.52. The van der Waals surface area contributed by atoms with Crippen molar-refractivity contribution >= 4 is 11.6 Å². The molecule has 0 saturated heterocycles. The van der Waals surface area contributed by atoms with E-state index in [4.69, 9.17) is 11.6 Å². The Balaban J connectivity index is 2.45. The summed E-state index contributed by atoms with van der Waals surface area (Å²) in [6.45, 7) is 0.346. The molecular weight excluding hydrogens is 227 g/mol. The van der Waals surface area contributed by atoms with Crippen LogP contribution in [0.15, 0.2) is 18.2 Å². The van der Waals surface area contributed by atoms with Crippen LogP contribution in [0.5, 0.6) is 0 Å². The van der Waals surface area contributed by atoms with E-state index in [2.05, 4.69) is 5.32 Å². The zero-order valence-electron chi connectivity index (χ0n) is 7.74. The fraction of sp³-hybridized carbons (Fsp3) is 0.400. The van der Waals surface area contributed by atoms with Gasteiger partial charge < -0.3 is 5.32 Å². The molecule has 1 heterocycles. The number of hydrogen-bond donors (Lipinski definition) is 1. The Bertz CT molecular complexity index is 375. The van der Waals surface area contributed by atoms with Crippen molar-refractivity contribution in [3.63, 3.8) is 0 Å². The highest BCUT2D eigenvalue weighted by Gasteiger charge is 2.42. The predicted octanol–water partition coefficient (Wildman–Crippen LogP) is 3.09. The lowest BCUT2D eigenvalue weighted by molar-refractivity contribution is -0.158. The Morgan fingerprint density at radius 1 is 1.33 bits per heavy atom.